The number of amides is 5. The Morgan fingerprint density at radius 3 is 2.53 bits per heavy atom. The van der Waals surface area contributed by atoms with Gasteiger partial charge in [0, 0.05) is 42.2 Å². The summed E-state index contributed by atoms with van der Waals surface area (Å²) in [5.41, 5.74) is 5.30. The van der Waals surface area contributed by atoms with E-state index in [0.29, 0.717) is 17.7 Å². The van der Waals surface area contributed by atoms with Gasteiger partial charge in [0.05, 0.1) is 5.54 Å². The van der Waals surface area contributed by atoms with Crippen LogP contribution in [0, 0.1) is 6.92 Å². The van der Waals surface area contributed by atoms with Gasteiger partial charge in [-0.2, -0.15) is 0 Å². The summed E-state index contributed by atoms with van der Waals surface area (Å²) in [5.74, 6) is -1.03. The molecular weight excluding hydrogens is 482 g/mol. The average Bonchev–Trinajstić information content (AvgIpc) is 3.19. The minimum absolute atomic E-state index is 0.200. The minimum Gasteiger partial charge on any atom is -0.329 e. The van der Waals surface area contributed by atoms with Crippen molar-refractivity contribution in [2.75, 3.05) is 5.32 Å². The number of pyridine rings is 1. The van der Waals surface area contributed by atoms with E-state index in [1.807, 2.05) is 57.3 Å². The van der Waals surface area contributed by atoms with Crippen LogP contribution in [-0.4, -0.2) is 39.7 Å². The topological polar surface area (TPSA) is 120 Å². The number of carbonyl (C=O) groups excluding carboxylic acids is 4. The van der Waals surface area contributed by atoms with Crippen LogP contribution in [0.3, 0.4) is 0 Å². The maximum atomic E-state index is 12.9. The predicted octanol–water partition coefficient (Wildman–Crippen LogP) is 3.87. The van der Waals surface area contributed by atoms with E-state index in [1.54, 1.807) is 24.4 Å². The third kappa shape index (κ3) is 4.87. The summed E-state index contributed by atoms with van der Waals surface area (Å²) in [6.07, 6.45) is 4.11. The van der Waals surface area contributed by atoms with Crippen molar-refractivity contribution in [2.24, 2.45) is 0 Å². The second-order valence-corrected chi connectivity index (χ2v) is 10.2. The van der Waals surface area contributed by atoms with Crippen molar-refractivity contribution in [3.05, 3.63) is 83.2 Å². The van der Waals surface area contributed by atoms with Crippen LogP contribution in [0.15, 0.2) is 60.9 Å². The number of benzene rings is 2. The van der Waals surface area contributed by atoms with Crippen molar-refractivity contribution in [1.82, 2.24) is 20.5 Å². The largest absolute Gasteiger partial charge is 0.329 e. The van der Waals surface area contributed by atoms with Crippen molar-refractivity contribution in [3.63, 3.8) is 0 Å². The normalized spacial score (nSPS) is 17.2. The van der Waals surface area contributed by atoms with E-state index >= 15 is 0 Å². The standard InChI is InChI=1S/C29H29N5O4/c1-17-12-13-30-15-23(17)18-4-6-20(7-5-18)29(2,3)33-28(38)31-21-8-9-22-19(14-21)16-34(27(22)37)24-10-11-25(35)32-26(24)36/h4-9,12-15,24H,10-11,16H2,1-3H3,(H2,31,33,38)(H,32,35,36). The predicted molar refractivity (Wildman–Crippen MR) is 142 cm³/mol. The van der Waals surface area contributed by atoms with Crippen molar-refractivity contribution < 1.29 is 19.2 Å². The summed E-state index contributed by atoms with van der Waals surface area (Å²) in [7, 11) is 0. The number of aryl methyl sites for hydroxylation is 1. The van der Waals surface area contributed by atoms with E-state index in [9.17, 15) is 19.2 Å². The third-order valence-corrected chi connectivity index (χ3v) is 7.16. The molecule has 5 amide bonds. The van der Waals surface area contributed by atoms with Crippen LogP contribution < -0.4 is 16.0 Å². The smallest absolute Gasteiger partial charge is 0.319 e. The summed E-state index contributed by atoms with van der Waals surface area (Å²) in [6, 6.07) is 14.0. The highest BCUT2D eigenvalue weighted by molar-refractivity contribution is 6.05. The van der Waals surface area contributed by atoms with Crippen LogP contribution in [0.2, 0.25) is 0 Å². The fourth-order valence-electron chi connectivity index (χ4n) is 5.00. The molecule has 2 aliphatic rings. The number of imide groups is 1. The zero-order valence-electron chi connectivity index (χ0n) is 21.5. The molecular formula is C29H29N5O4. The van der Waals surface area contributed by atoms with Gasteiger partial charge in [-0.1, -0.05) is 24.3 Å². The Hall–Kier alpha value is -4.53. The first kappa shape index (κ1) is 25.1. The maximum absolute atomic E-state index is 12.9. The second kappa shape index (κ2) is 9.74. The molecule has 0 aliphatic carbocycles. The molecule has 3 aromatic rings. The number of anilines is 1. The van der Waals surface area contributed by atoms with E-state index in [1.165, 1.54) is 4.90 Å². The molecule has 1 atom stereocenters. The van der Waals surface area contributed by atoms with Gasteiger partial charge >= 0.3 is 6.03 Å². The lowest BCUT2D eigenvalue weighted by molar-refractivity contribution is -0.136. The number of urea groups is 1. The first-order valence-electron chi connectivity index (χ1n) is 12.5. The van der Waals surface area contributed by atoms with Crippen molar-refractivity contribution >= 4 is 29.4 Å². The van der Waals surface area contributed by atoms with E-state index in [4.69, 9.17) is 0 Å². The number of nitrogens with one attached hydrogen (secondary N) is 3. The number of carbonyl (C=O) groups is 4. The number of aromatic nitrogens is 1. The van der Waals surface area contributed by atoms with Crippen molar-refractivity contribution in [3.8, 4) is 11.1 Å². The molecule has 3 heterocycles. The molecule has 1 unspecified atom stereocenters. The zero-order chi connectivity index (χ0) is 27.0. The zero-order valence-corrected chi connectivity index (χ0v) is 21.5. The van der Waals surface area contributed by atoms with E-state index in [2.05, 4.69) is 20.9 Å². The van der Waals surface area contributed by atoms with Crippen molar-refractivity contribution in [1.29, 1.82) is 0 Å². The molecule has 3 N–H and O–H groups in total. The molecule has 0 radical (unpaired) electrons. The number of piperidine rings is 1. The van der Waals surface area contributed by atoms with Crippen LogP contribution in [0.1, 0.15) is 53.7 Å². The van der Waals surface area contributed by atoms with Crippen molar-refractivity contribution in [2.45, 2.75) is 51.7 Å². The molecule has 2 aromatic carbocycles. The Bertz CT molecular complexity index is 1450. The molecule has 2 aliphatic heterocycles. The highest BCUT2D eigenvalue weighted by Crippen LogP contribution is 2.30. The van der Waals surface area contributed by atoms with Gasteiger partial charge in [0.15, 0.2) is 0 Å². The van der Waals surface area contributed by atoms with Crippen LogP contribution in [0.5, 0.6) is 0 Å². The number of hydrogen-bond donors (Lipinski definition) is 3. The van der Waals surface area contributed by atoms with Gasteiger partial charge in [-0.15, -0.1) is 0 Å². The summed E-state index contributed by atoms with van der Waals surface area (Å²) in [4.78, 5) is 55.2. The lowest BCUT2D eigenvalue weighted by Crippen LogP contribution is -2.52. The lowest BCUT2D eigenvalue weighted by Gasteiger charge is -2.29. The van der Waals surface area contributed by atoms with Gasteiger partial charge < -0.3 is 15.5 Å². The maximum Gasteiger partial charge on any atom is 0.319 e. The van der Waals surface area contributed by atoms with Gasteiger partial charge in [-0.05, 0) is 73.7 Å². The molecule has 38 heavy (non-hydrogen) atoms. The molecule has 0 bridgehead atoms. The molecule has 0 saturated carbocycles. The molecule has 5 rings (SSSR count). The minimum atomic E-state index is -0.679. The van der Waals surface area contributed by atoms with Crippen LogP contribution in [0.4, 0.5) is 10.5 Å². The summed E-state index contributed by atoms with van der Waals surface area (Å²) >= 11 is 0. The summed E-state index contributed by atoms with van der Waals surface area (Å²) in [6.45, 7) is 6.14. The van der Waals surface area contributed by atoms with Gasteiger partial charge in [0.25, 0.3) is 5.91 Å². The number of rotatable bonds is 5. The SMILES string of the molecule is Cc1ccncc1-c1ccc(C(C)(C)NC(=O)Nc2ccc3c(c2)CN(C2CCC(=O)NC2=O)C3=O)cc1. The van der Waals surface area contributed by atoms with E-state index < -0.39 is 17.5 Å². The van der Waals surface area contributed by atoms with Gasteiger partial charge in [-0.3, -0.25) is 24.7 Å². The molecule has 0 spiro atoms. The molecule has 194 valence electrons. The molecule has 1 aromatic heterocycles. The monoisotopic (exact) mass is 511 g/mol. The quantitative estimate of drug-likeness (QED) is 0.449. The van der Waals surface area contributed by atoms with Gasteiger partial charge in [-0.25, -0.2) is 4.79 Å². The Morgan fingerprint density at radius 2 is 1.82 bits per heavy atom. The number of nitrogens with zero attached hydrogens (tertiary/aromatic N) is 2. The van der Waals surface area contributed by atoms with E-state index in [0.717, 1.165) is 27.8 Å². The Balaban J connectivity index is 1.24. The van der Waals surface area contributed by atoms with E-state index in [-0.39, 0.29) is 30.8 Å². The van der Waals surface area contributed by atoms with Crippen LogP contribution in [0.25, 0.3) is 11.1 Å². The highest BCUT2D eigenvalue weighted by atomic mass is 16.2. The van der Waals surface area contributed by atoms with Gasteiger partial charge in [0.2, 0.25) is 11.8 Å². The second-order valence-electron chi connectivity index (χ2n) is 10.2. The Labute approximate surface area is 220 Å². The average molecular weight is 512 g/mol. The first-order valence-corrected chi connectivity index (χ1v) is 12.5. The first-order chi connectivity index (χ1) is 18.1. The summed E-state index contributed by atoms with van der Waals surface area (Å²) in [5, 5.41) is 8.17. The third-order valence-electron chi connectivity index (χ3n) is 7.16. The number of fused-ring (bicyclic) bond motifs is 1. The fraction of sp³-hybridized carbons (Fsp3) is 0.276. The van der Waals surface area contributed by atoms with Crippen LogP contribution in [-0.2, 0) is 21.7 Å². The highest BCUT2D eigenvalue weighted by Gasteiger charge is 2.39. The summed E-state index contributed by atoms with van der Waals surface area (Å²) < 4.78 is 0. The fourth-order valence-corrected chi connectivity index (χ4v) is 5.00. The van der Waals surface area contributed by atoms with Gasteiger partial charge in [0.1, 0.15) is 6.04 Å². The molecule has 1 saturated heterocycles. The lowest BCUT2D eigenvalue weighted by atomic mass is 9.92. The Morgan fingerprint density at radius 1 is 1.05 bits per heavy atom. The Kier molecular flexibility index (Phi) is 6.44. The molecule has 9 nitrogen and oxygen atoms in total. The molecule has 9 heteroatoms. The molecule has 1 fully saturated rings. The van der Waals surface area contributed by atoms with Crippen LogP contribution >= 0.6 is 0 Å². The number of hydrogen-bond acceptors (Lipinski definition) is 5.